The topological polar surface area (TPSA) is 70.4 Å². The number of carbonyl (C=O) groups is 1. The molecule has 1 aromatic carbocycles. The van der Waals surface area contributed by atoms with Gasteiger partial charge in [-0.2, -0.15) is 31.4 Å². The Labute approximate surface area is 276 Å². The molecule has 2 aromatic heterocycles. The first-order valence-electron chi connectivity index (χ1n) is 16.7. The highest BCUT2D eigenvalue weighted by atomic mass is 19.4. The van der Waals surface area contributed by atoms with Crippen LogP contribution in [0.1, 0.15) is 81.4 Å². The maximum atomic E-state index is 14.2. The lowest BCUT2D eigenvalue weighted by Gasteiger charge is -2.37. The van der Waals surface area contributed by atoms with Gasteiger partial charge in [0.25, 0.3) is 0 Å². The van der Waals surface area contributed by atoms with Gasteiger partial charge in [0.2, 0.25) is 5.95 Å². The average molecular weight is 678 g/mol. The summed E-state index contributed by atoms with van der Waals surface area (Å²) < 4.78 is 84.4. The number of urea groups is 1. The van der Waals surface area contributed by atoms with E-state index in [1.807, 2.05) is 16.7 Å². The summed E-state index contributed by atoms with van der Waals surface area (Å²) in [5.74, 6) is 0.639. The Morgan fingerprint density at radius 3 is 2.12 bits per heavy atom. The molecule has 0 radical (unpaired) electrons. The fourth-order valence-corrected chi connectivity index (χ4v) is 7.80. The predicted molar refractivity (Wildman–Crippen MR) is 168 cm³/mol. The number of nitrogens with zero attached hydrogens (tertiary/aromatic N) is 7. The highest BCUT2D eigenvalue weighted by Gasteiger charge is 2.44. The van der Waals surface area contributed by atoms with Gasteiger partial charge in [0.15, 0.2) is 0 Å². The monoisotopic (exact) mass is 677 g/mol. The Morgan fingerprint density at radius 1 is 0.875 bits per heavy atom. The fourth-order valence-electron chi connectivity index (χ4n) is 7.80. The van der Waals surface area contributed by atoms with Crippen molar-refractivity contribution in [3.05, 3.63) is 59.7 Å². The molecule has 0 bridgehead atoms. The number of carbonyl (C=O) groups excluding carboxylic acids is 1. The summed E-state index contributed by atoms with van der Waals surface area (Å²) >= 11 is 0. The van der Waals surface area contributed by atoms with E-state index in [1.165, 1.54) is 19.3 Å². The molecule has 0 N–H and O–H groups in total. The van der Waals surface area contributed by atoms with Gasteiger partial charge in [-0.05, 0) is 68.2 Å². The molecule has 1 saturated carbocycles. The molecule has 2 saturated heterocycles. The van der Waals surface area contributed by atoms with Crippen LogP contribution in [0, 0.1) is 5.92 Å². The van der Waals surface area contributed by atoms with E-state index in [1.54, 1.807) is 41.4 Å². The molecule has 6 rings (SSSR count). The quantitative estimate of drug-likeness (QED) is 0.238. The second-order valence-corrected chi connectivity index (χ2v) is 13.4. The molecule has 2 aliphatic heterocycles. The van der Waals surface area contributed by atoms with E-state index in [-0.39, 0.29) is 48.8 Å². The third-order valence-corrected chi connectivity index (χ3v) is 10.2. The van der Waals surface area contributed by atoms with Crippen LogP contribution in [0.5, 0.6) is 0 Å². The maximum Gasteiger partial charge on any atom is 0.416 e. The molecule has 260 valence electrons. The van der Waals surface area contributed by atoms with E-state index in [4.69, 9.17) is 0 Å². The third kappa shape index (κ3) is 7.26. The summed E-state index contributed by atoms with van der Waals surface area (Å²) in [5.41, 5.74) is -1.52. The molecule has 3 atom stereocenters. The van der Waals surface area contributed by atoms with Crippen molar-refractivity contribution in [2.24, 2.45) is 13.0 Å². The molecule has 48 heavy (non-hydrogen) atoms. The van der Waals surface area contributed by atoms with E-state index in [2.05, 4.69) is 15.1 Å². The van der Waals surface area contributed by atoms with Gasteiger partial charge in [0.05, 0.1) is 23.4 Å². The number of anilines is 1. The van der Waals surface area contributed by atoms with Gasteiger partial charge in [-0.1, -0.05) is 26.2 Å². The van der Waals surface area contributed by atoms with E-state index in [0.717, 1.165) is 43.4 Å². The molecule has 2 amide bonds. The van der Waals surface area contributed by atoms with Crippen molar-refractivity contribution >= 4 is 12.0 Å². The van der Waals surface area contributed by atoms with Gasteiger partial charge in [0, 0.05) is 68.5 Å². The first kappa shape index (κ1) is 34.0. The standard InChI is InChI=1S/C34H41F6N7O/c1-3-28-15-29(21-47(28)32(48)45-11-7-10-30(45)23-8-5-4-6-9-23)46(31-41-16-24(17-42-31)25-18-43-44(2)20-25)19-22-12-26(33(35,36)37)14-27(13-22)34(38,39)40/h12-14,16-18,20,23,28-30H,3-11,15,19,21H2,1-2H3/t28-,29+,30?/m1/s1. The van der Waals surface area contributed by atoms with Crippen molar-refractivity contribution in [3.63, 3.8) is 0 Å². The highest BCUT2D eigenvalue weighted by molar-refractivity contribution is 5.76. The number of hydrogen-bond acceptors (Lipinski definition) is 5. The molecule has 1 aliphatic carbocycles. The molecule has 1 unspecified atom stereocenters. The van der Waals surface area contributed by atoms with Crippen molar-refractivity contribution in [3.8, 4) is 11.1 Å². The Bertz CT molecular complexity index is 1530. The number of amides is 2. The number of alkyl halides is 6. The smallest absolute Gasteiger partial charge is 0.332 e. The first-order valence-corrected chi connectivity index (χ1v) is 16.7. The third-order valence-electron chi connectivity index (χ3n) is 10.2. The summed E-state index contributed by atoms with van der Waals surface area (Å²) in [6, 6.07) is 1.20. The first-order chi connectivity index (χ1) is 22.8. The van der Waals surface area contributed by atoms with Gasteiger partial charge in [-0.25, -0.2) is 14.8 Å². The largest absolute Gasteiger partial charge is 0.416 e. The normalized spacial score (nSPS) is 22.5. The zero-order valence-corrected chi connectivity index (χ0v) is 27.1. The number of rotatable bonds is 7. The number of halogens is 6. The van der Waals surface area contributed by atoms with Crippen molar-refractivity contribution in [1.82, 2.24) is 29.5 Å². The zero-order valence-electron chi connectivity index (χ0n) is 27.1. The van der Waals surface area contributed by atoms with Crippen LogP contribution >= 0.6 is 0 Å². The van der Waals surface area contributed by atoms with Crippen molar-refractivity contribution in [2.75, 3.05) is 18.0 Å². The summed E-state index contributed by atoms with van der Waals surface area (Å²) in [6.45, 7) is 2.62. The number of hydrogen-bond donors (Lipinski definition) is 0. The van der Waals surface area contributed by atoms with Crippen molar-refractivity contribution in [2.45, 2.75) is 102 Å². The summed E-state index contributed by atoms with van der Waals surface area (Å²) in [4.78, 5) is 28.8. The summed E-state index contributed by atoms with van der Waals surface area (Å²) in [6.07, 6.45) is 5.45. The molecule has 8 nitrogen and oxygen atoms in total. The Morgan fingerprint density at radius 2 is 1.54 bits per heavy atom. The lowest BCUT2D eigenvalue weighted by Crippen LogP contribution is -2.50. The molecular formula is C34H41F6N7O. The summed E-state index contributed by atoms with van der Waals surface area (Å²) in [5, 5.41) is 4.16. The second kappa shape index (κ2) is 13.6. The second-order valence-electron chi connectivity index (χ2n) is 13.4. The van der Waals surface area contributed by atoms with E-state index < -0.39 is 29.5 Å². The van der Waals surface area contributed by atoms with Gasteiger partial charge in [-0.15, -0.1) is 0 Å². The number of likely N-dealkylation sites (tertiary alicyclic amines) is 2. The molecule has 3 aromatic rings. The van der Waals surface area contributed by atoms with Gasteiger partial charge in [-0.3, -0.25) is 4.68 Å². The lowest BCUT2D eigenvalue weighted by molar-refractivity contribution is -0.143. The Kier molecular flexibility index (Phi) is 9.63. The van der Waals surface area contributed by atoms with Gasteiger partial charge in [0.1, 0.15) is 0 Å². The lowest BCUT2D eigenvalue weighted by atomic mass is 9.83. The predicted octanol–water partition coefficient (Wildman–Crippen LogP) is 7.94. The molecule has 3 aliphatic rings. The molecule has 14 heteroatoms. The average Bonchev–Trinajstić information content (AvgIpc) is 3.83. The van der Waals surface area contributed by atoms with E-state index in [0.29, 0.717) is 30.9 Å². The SMILES string of the molecule is CC[C@@H]1C[C@H](N(Cc2cc(C(F)(F)F)cc(C(F)(F)F)c2)c2ncc(-c3cnn(C)c3)cn2)CN1C(=O)N1CCCC1C1CCCCC1. The highest BCUT2D eigenvalue weighted by Crippen LogP contribution is 2.39. The van der Waals surface area contributed by atoms with Crippen LogP contribution in [0.2, 0.25) is 0 Å². The minimum absolute atomic E-state index is 0.0383. The van der Waals surface area contributed by atoms with Crippen LogP contribution in [0.3, 0.4) is 0 Å². The number of aromatic nitrogens is 4. The molecule has 3 fully saturated rings. The van der Waals surface area contributed by atoms with Gasteiger partial charge < -0.3 is 14.7 Å². The van der Waals surface area contributed by atoms with E-state index in [9.17, 15) is 31.1 Å². The fraction of sp³-hybridized carbons (Fsp3) is 0.588. The molecule has 0 spiro atoms. The van der Waals surface area contributed by atoms with Crippen LogP contribution in [-0.4, -0.2) is 66.8 Å². The van der Waals surface area contributed by atoms with Crippen LogP contribution in [0.15, 0.2) is 43.0 Å². The van der Waals surface area contributed by atoms with Crippen molar-refractivity contribution in [1.29, 1.82) is 0 Å². The van der Waals surface area contributed by atoms with Gasteiger partial charge >= 0.3 is 18.4 Å². The molecular weight excluding hydrogens is 636 g/mol. The van der Waals surface area contributed by atoms with Crippen LogP contribution in [0.25, 0.3) is 11.1 Å². The van der Waals surface area contributed by atoms with Crippen molar-refractivity contribution < 1.29 is 31.1 Å². The summed E-state index contributed by atoms with van der Waals surface area (Å²) in [7, 11) is 1.77. The maximum absolute atomic E-state index is 14.2. The van der Waals surface area contributed by atoms with E-state index >= 15 is 0 Å². The number of benzene rings is 1. The number of aryl methyl sites for hydroxylation is 1. The minimum Gasteiger partial charge on any atom is -0.332 e. The zero-order chi connectivity index (χ0) is 34.2. The Balaban J connectivity index is 1.32. The minimum atomic E-state index is -4.98. The Hall–Kier alpha value is -3.84. The van der Waals surface area contributed by atoms with Crippen LogP contribution in [-0.2, 0) is 25.9 Å². The van der Waals surface area contributed by atoms with Crippen LogP contribution in [0.4, 0.5) is 37.1 Å². The van der Waals surface area contributed by atoms with Crippen LogP contribution < -0.4 is 4.90 Å². The molecule has 4 heterocycles.